The maximum atomic E-state index is 4.66. The Labute approximate surface area is 156 Å². The average Bonchev–Trinajstić information content (AvgIpc) is 3.17. The Morgan fingerprint density at radius 1 is 0.708 bits per heavy atom. The number of hydrogen-bond donors (Lipinski definition) is 0. The van der Waals surface area contributed by atoms with Gasteiger partial charge in [-0.2, -0.15) is 10.2 Å². The van der Waals surface area contributed by atoms with Crippen molar-refractivity contribution in [3.05, 3.63) is 48.8 Å². The van der Waals surface area contributed by atoms with E-state index >= 15 is 0 Å². The van der Waals surface area contributed by atoms with Crippen LogP contribution in [0.1, 0.15) is 0 Å². The molecule has 0 atom stereocenters. The summed E-state index contributed by atoms with van der Waals surface area (Å²) in [7, 11) is 3.51. The fourth-order valence-corrected chi connectivity index (χ4v) is 6.77. The van der Waals surface area contributed by atoms with E-state index in [0.29, 0.717) is 0 Å². The van der Waals surface area contributed by atoms with Crippen LogP contribution >= 0.6 is 45.1 Å². The summed E-state index contributed by atoms with van der Waals surface area (Å²) >= 11 is 3.36. The van der Waals surface area contributed by atoms with Crippen molar-refractivity contribution >= 4 is 56.1 Å². The van der Waals surface area contributed by atoms with Crippen LogP contribution < -0.4 is 0 Å². The lowest BCUT2D eigenvalue weighted by Crippen LogP contribution is -1.83. The van der Waals surface area contributed by atoms with Crippen molar-refractivity contribution in [2.24, 2.45) is 0 Å². The smallest absolute Gasteiger partial charge is 0.133 e. The number of fused-ring (bicyclic) bond motifs is 2. The lowest BCUT2D eigenvalue weighted by Gasteiger charge is -2.02. The van der Waals surface area contributed by atoms with Gasteiger partial charge in [-0.15, -0.1) is 23.5 Å². The van der Waals surface area contributed by atoms with Crippen LogP contribution in [0.4, 0.5) is 0 Å². The lowest BCUT2D eigenvalue weighted by atomic mass is 10.4. The second kappa shape index (κ2) is 6.95. The highest BCUT2D eigenvalue weighted by Crippen LogP contribution is 2.47. The predicted molar refractivity (Wildman–Crippen MR) is 106 cm³/mol. The summed E-state index contributed by atoms with van der Waals surface area (Å²) in [5, 5.41) is 11.4. The SMILES string of the molecule is CSc1nn2ccccc2c1SSc1c(SC)nn2ccccc12. The minimum atomic E-state index is 1.06. The van der Waals surface area contributed by atoms with Gasteiger partial charge in [0.2, 0.25) is 0 Å². The molecule has 0 amide bonds. The number of rotatable bonds is 5. The first-order valence-corrected chi connectivity index (χ1v) is 11.8. The van der Waals surface area contributed by atoms with Crippen molar-refractivity contribution in [1.29, 1.82) is 0 Å². The summed E-state index contributed by atoms with van der Waals surface area (Å²) in [5.74, 6) is 0. The highest BCUT2D eigenvalue weighted by Gasteiger charge is 2.17. The number of pyridine rings is 2. The molecule has 0 aromatic carbocycles. The van der Waals surface area contributed by atoms with Crippen molar-refractivity contribution in [1.82, 2.24) is 19.2 Å². The molecule has 0 fully saturated rings. The maximum Gasteiger partial charge on any atom is 0.133 e. The zero-order valence-corrected chi connectivity index (χ0v) is 16.3. The Morgan fingerprint density at radius 3 is 1.58 bits per heavy atom. The van der Waals surface area contributed by atoms with Gasteiger partial charge in [0.15, 0.2) is 0 Å². The van der Waals surface area contributed by atoms with E-state index in [1.165, 1.54) is 9.79 Å². The molecule has 4 aromatic heterocycles. The molecule has 0 N–H and O–H groups in total. The molecule has 24 heavy (non-hydrogen) atoms. The molecule has 0 aliphatic rings. The highest BCUT2D eigenvalue weighted by atomic mass is 33.1. The summed E-state index contributed by atoms with van der Waals surface area (Å²) < 4.78 is 3.89. The molecular weight excluding hydrogens is 376 g/mol. The molecule has 0 saturated carbocycles. The van der Waals surface area contributed by atoms with E-state index in [1.54, 1.807) is 45.1 Å². The first-order valence-electron chi connectivity index (χ1n) is 7.19. The number of aromatic nitrogens is 4. The topological polar surface area (TPSA) is 34.6 Å². The van der Waals surface area contributed by atoms with E-state index in [4.69, 9.17) is 0 Å². The molecule has 4 nitrogen and oxygen atoms in total. The first-order chi connectivity index (χ1) is 11.8. The first kappa shape index (κ1) is 16.3. The van der Waals surface area contributed by atoms with Gasteiger partial charge < -0.3 is 0 Å². The van der Waals surface area contributed by atoms with E-state index < -0.39 is 0 Å². The molecule has 122 valence electrons. The van der Waals surface area contributed by atoms with E-state index in [9.17, 15) is 0 Å². The summed E-state index contributed by atoms with van der Waals surface area (Å²) in [6.45, 7) is 0. The minimum absolute atomic E-state index is 1.06. The van der Waals surface area contributed by atoms with Crippen LogP contribution in [0.3, 0.4) is 0 Å². The van der Waals surface area contributed by atoms with Gasteiger partial charge in [0.1, 0.15) is 10.1 Å². The molecule has 0 bridgehead atoms. The second-order valence-corrected chi connectivity index (χ2v) is 8.64. The maximum absolute atomic E-state index is 4.66. The van der Waals surface area contributed by atoms with Crippen LogP contribution in [0.15, 0.2) is 68.6 Å². The van der Waals surface area contributed by atoms with Crippen molar-refractivity contribution in [3.63, 3.8) is 0 Å². The van der Waals surface area contributed by atoms with Crippen molar-refractivity contribution in [2.45, 2.75) is 19.8 Å². The molecule has 0 radical (unpaired) electrons. The van der Waals surface area contributed by atoms with Gasteiger partial charge in [-0.25, -0.2) is 9.03 Å². The van der Waals surface area contributed by atoms with Crippen LogP contribution in [-0.2, 0) is 0 Å². The third-order valence-corrected chi connectivity index (χ3v) is 7.60. The van der Waals surface area contributed by atoms with E-state index in [2.05, 4.69) is 47.0 Å². The van der Waals surface area contributed by atoms with E-state index in [0.717, 1.165) is 21.1 Å². The van der Waals surface area contributed by atoms with Gasteiger partial charge in [-0.1, -0.05) is 12.1 Å². The molecule has 4 aromatic rings. The number of nitrogens with zero attached hydrogens (tertiary/aromatic N) is 4. The molecule has 4 rings (SSSR count). The minimum Gasteiger partial charge on any atom is -0.239 e. The molecule has 0 saturated heterocycles. The average molecular weight is 391 g/mol. The zero-order valence-electron chi connectivity index (χ0n) is 13.0. The largest absolute Gasteiger partial charge is 0.239 e. The highest BCUT2D eigenvalue weighted by molar-refractivity contribution is 8.76. The van der Waals surface area contributed by atoms with Crippen molar-refractivity contribution in [3.8, 4) is 0 Å². The van der Waals surface area contributed by atoms with Crippen LogP contribution in [-0.4, -0.2) is 31.7 Å². The summed E-state index contributed by atoms with van der Waals surface area (Å²) in [6, 6.07) is 12.3. The molecule has 8 heteroatoms. The summed E-state index contributed by atoms with van der Waals surface area (Å²) in [4.78, 5) is 2.41. The van der Waals surface area contributed by atoms with Gasteiger partial charge in [0, 0.05) is 12.4 Å². The Balaban J connectivity index is 1.73. The third-order valence-electron chi connectivity index (χ3n) is 3.52. The monoisotopic (exact) mass is 390 g/mol. The van der Waals surface area contributed by atoms with Crippen LogP contribution in [0.2, 0.25) is 0 Å². The van der Waals surface area contributed by atoms with Gasteiger partial charge in [-0.05, 0) is 58.4 Å². The van der Waals surface area contributed by atoms with Crippen molar-refractivity contribution < 1.29 is 0 Å². The van der Waals surface area contributed by atoms with E-state index in [1.807, 2.05) is 33.6 Å². The number of thioether (sulfide) groups is 2. The summed E-state index contributed by atoms with van der Waals surface area (Å²) in [5.41, 5.74) is 2.28. The van der Waals surface area contributed by atoms with Crippen molar-refractivity contribution in [2.75, 3.05) is 12.5 Å². The van der Waals surface area contributed by atoms with Gasteiger partial charge in [0.25, 0.3) is 0 Å². The second-order valence-electron chi connectivity index (χ2n) is 4.90. The zero-order chi connectivity index (χ0) is 16.5. The normalized spacial score (nSPS) is 11.6. The molecule has 0 aliphatic carbocycles. The predicted octanol–water partition coefficient (Wildman–Crippen LogP) is 5.23. The Morgan fingerprint density at radius 2 is 1.17 bits per heavy atom. The van der Waals surface area contributed by atoms with Crippen LogP contribution in [0.5, 0.6) is 0 Å². The fraction of sp³-hybridized carbons (Fsp3) is 0.125. The Kier molecular flexibility index (Phi) is 4.71. The quantitative estimate of drug-likeness (QED) is 0.343. The van der Waals surface area contributed by atoms with Crippen LogP contribution in [0.25, 0.3) is 11.0 Å². The van der Waals surface area contributed by atoms with E-state index in [-0.39, 0.29) is 0 Å². The molecule has 4 heterocycles. The van der Waals surface area contributed by atoms with Crippen LogP contribution in [0, 0.1) is 0 Å². The molecular formula is C16H14N4S4. The molecule has 0 aliphatic heterocycles. The fourth-order valence-electron chi connectivity index (χ4n) is 2.42. The lowest BCUT2D eigenvalue weighted by molar-refractivity contribution is 0.895. The molecule has 0 spiro atoms. The van der Waals surface area contributed by atoms with Gasteiger partial charge in [-0.3, -0.25) is 0 Å². The Hall–Kier alpha value is -1.22. The standard InChI is InChI=1S/C16H14N4S4/c1-21-15-13(11-7-3-5-9-19(11)17-15)23-24-14-12-8-4-6-10-20(12)18-16(14)22-2/h3-10H,1-2H3. The Bertz CT molecular complexity index is 926. The molecule has 0 unspecified atom stereocenters. The van der Waals surface area contributed by atoms with Gasteiger partial charge in [0.05, 0.1) is 20.8 Å². The number of hydrogen-bond acceptors (Lipinski definition) is 6. The summed E-state index contributed by atoms with van der Waals surface area (Å²) in [6.07, 6.45) is 8.12. The third kappa shape index (κ3) is 2.81. The van der Waals surface area contributed by atoms with Gasteiger partial charge >= 0.3 is 0 Å².